The van der Waals surface area contributed by atoms with Gasteiger partial charge in [0.15, 0.2) is 11.5 Å². The molecule has 2 amide bonds. The number of hydrogen-bond donors (Lipinski definition) is 2. The van der Waals surface area contributed by atoms with Crippen molar-refractivity contribution in [3.63, 3.8) is 0 Å². The fourth-order valence-corrected chi connectivity index (χ4v) is 2.38. The molecule has 8 heteroatoms. The summed E-state index contributed by atoms with van der Waals surface area (Å²) in [6, 6.07) is 12.4. The molecule has 144 valence electrons. The van der Waals surface area contributed by atoms with E-state index in [4.69, 9.17) is 4.74 Å². The largest absolute Gasteiger partial charge is 0.493 e. The van der Waals surface area contributed by atoms with Gasteiger partial charge in [0, 0.05) is 29.8 Å². The summed E-state index contributed by atoms with van der Waals surface area (Å²) in [5.74, 6) is -0.732. The fourth-order valence-electron chi connectivity index (χ4n) is 2.38. The van der Waals surface area contributed by atoms with Crippen molar-refractivity contribution < 1.29 is 27.8 Å². The third-order valence-electron chi connectivity index (χ3n) is 3.57. The summed E-state index contributed by atoms with van der Waals surface area (Å²) in [5.41, 5.74) is 0.770. The number of ether oxygens (including phenoxy) is 2. The van der Waals surface area contributed by atoms with Gasteiger partial charge in [-0.05, 0) is 31.2 Å². The molecule has 0 heterocycles. The van der Waals surface area contributed by atoms with E-state index < -0.39 is 12.7 Å². The first-order chi connectivity index (χ1) is 12.9. The summed E-state index contributed by atoms with van der Waals surface area (Å²) in [6.45, 7) is -1.32. The van der Waals surface area contributed by atoms with Gasteiger partial charge in [-0.2, -0.15) is 8.78 Å². The first kappa shape index (κ1) is 20.2. The number of carbonyl (C=O) groups is 2. The van der Waals surface area contributed by atoms with Crippen LogP contribution in [0.4, 0.5) is 14.5 Å². The monoisotopic (exact) mass is 378 g/mol. The van der Waals surface area contributed by atoms with Crippen molar-refractivity contribution >= 4 is 17.5 Å². The van der Waals surface area contributed by atoms with E-state index in [1.165, 1.54) is 25.3 Å². The van der Waals surface area contributed by atoms with Crippen LogP contribution in [0.3, 0.4) is 0 Å². The number of carbonyl (C=O) groups excluding carboxylic acids is 2. The number of methoxy groups -OCH3 is 1. The Morgan fingerprint density at radius 3 is 2.41 bits per heavy atom. The summed E-state index contributed by atoms with van der Waals surface area (Å²) >= 11 is 0. The summed E-state index contributed by atoms with van der Waals surface area (Å²) in [6.07, 6.45) is 0.00956. The molecule has 2 aromatic carbocycles. The van der Waals surface area contributed by atoms with Crippen molar-refractivity contribution in [1.29, 1.82) is 0 Å². The average Bonchev–Trinajstić information content (AvgIpc) is 2.62. The van der Waals surface area contributed by atoms with E-state index in [0.717, 1.165) is 0 Å². The SMILES string of the molecule is COc1ccc(NC(=O)CC(C)NC(=O)c2ccccc2)cc1OC(F)F. The van der Waals surface area contributed by atoms with Crippen molar-refractivity contribution in [1.82, 2.24) is 5.32 Å². The lowest BCUT2D eigenvalue weighted by molar-refractivity contribution is -0.116. The Hall–Kier alpha value is -3.16. The van der Waals surface area contributed by atoms with Gasteiger partial charge in [0.2, 0.25) is 5.91 Å². The van der Waals surface area contributed by atoms with Gasteiger partial charge in [-0.3, -0.25) is 9.59 Å². The zero-order chi connectivity index (χ0) is 19.8. The van der Waals surface area contributed by atoms with E-state index in [2.05, 4.69) is 15.4 Å². The van der Waals surface area contributed by atoms with Crippen LogP contribution in [-0.2, 0) is 4.79 Å². The van der Waals surface area contributed by atoms with Gasteiger partial charge in [-0.15, -0.1) is 0 Å². The number of alkyl halides is 2. The molecule has 1 atom stereocenters. The molecule has 2 aromatic rings. The molecule has 27 heavy (non-hydrogen) atoms. The summed E-state index contributed by atoms with van der Waals surface area (Å²) in [4.78, 5) is 24.2. The van der Waals surface area contributed by atoms with Crippen LogP contribution < -0.4 is 20.1 Å². The summed E-state index contributed by atoms with van der Waals surface area (Å²) < 4.78 is 34.2. The van der Waals surface area contributed by atoms with Crippen molar-refractivity contribution in [2.45, 2.75) is 26.0 Å². The first-order valence-electron chi connectivity index (χ1n) is 8.17. The van der Waals surface area contributed by atoms with Gasteiger partial charge >= 0.3 is 6.61 Å². The maximum Gasteiger partial charge on any atom is 0.387 e. The zero-order valence-electron chi connectivity index (χ0n) is 14.9. The predicted octanol–water partition coefficient (Wildman–Crippen LogP) is 3.44. The van der Waals surface area contributed by atoms with E-state index in [1.54, 1.807) is 37.3 Å². The molecule has 2 N–H and O–H groups in total. The summed E-state index contributed by atoms with van der Waals surface area (Å²) in [7, 11) is 1.32. The Morgan fingerprint density at radius 2 is 1.78 bits per heavy atom. The van der Waals surface area contributed by atoms with Crippen molar-refractivity contribution in [2.75, 3.05) is 12.4 Å². The van der Waals surface area contributed by atoms with Gasteiger partial charge in [-0.1, -0.05) is 18.2 Å². The molecular formula is C19H20F2N2O4. The molecule has 1 unspecified atom stereocenters. The van der Waals surface area contributed by atoms with Crippen molar-refractivity contribution in [2.24, 2.45) is 0 Å². The molecule has 2 rings (SSSR count). The highest BCUT2D eigenvalue weighted by Crippen LogP contribution is 2.31. The fraction of sp³-hybridized carbons (Fsp3) is 0.263. The van der Waals surface area contributed by atoms with Crippen molar-refractivity contribution in [3.8, 4) is 11.5 Å². The van der Waals surface area contributed by atoms with Crippen LogP contribution in [0.25, 0.3) is 0 Å². The molecule has 0 bridgehead atoms. The molecular weight excluding hydrogens is 358 g/mol. The van der Waals surface area contributed by atoms with Gasteiger partial charge in [0.05, 0.1) is 7.11 Å². The molecule has 0 saturated carbocycles. The number of nitrogens with one attached hydrogen (secondary N) is 2. The third-order valence-corrected chi connectivity index (χ3v) is 3.57. The lowest BCUT2D eigenvalue weighted by Gasteiger charge is -2.15. The first-order valence-corrected chi connectivity index (χ1v) is 8.17. The Bertz CT molecular complexity index is 785. The van der Waals surface area contributed by atoms with Crippen LogP contribution in [0.1, 0.15) is 23.7 Å². The highest BCUT2D eigenvalue weighted by molar-refractivity contribution is 5.95. The van der Waals surface area contributed by atoms with Crippen molar-refractivity contribution in [3.05, 3.63) is 54.1 Å². The van der Waals surface area contributed by atoms with Gasteiger partial charge in [0.1, 0.15) is 0 Å². The Labute approximate surface area is 155 Å². The average molecular weight is 378 g/mol. The smallest absolute Gasteiger partial charge is 0.387 e. The highest BCUT2D eigenvalue weighted by atomic mass is 19.3. The molecule has 0 aromatic heterocycles. The number of amides is 2. The number of benzene rings is 2. The van der Waals surface area contributed by atoms with Crippen LogP contribution in [0.5, 0.6) is 11.5 Å². The standard InChI is InChI=1S/C19H20F2N2O4/c1-12(22-18(25)13-6-4-3-5-7-13)10-17(24)23-14-8-9-15(26-2)16(11-14)27-19(20)21/h3-9,11-12,19H,10H2,1-2H3,(H,22,25)(H,23,24). The second-order valence-electron chi connectivity index (χ2n) is 5.74. The predicted molar refractivity (Wildman–Crippen MR) is 96.2 cm³/mol. The molecule has 0 aliphatic carbocycles. The molecule has 0 spiro atoms. The van der Waals surface area contributed by atoms with E-state index in [9.17, 15) is 18.4 Å². The lowest BCUT2D eigenvalue weighted by atomic mass is 10.1. The van der Waals surface area contributed by atoms with Gasteiger partial charge in [-0.25, -0.2) is 0 Å². The second-order valence-corrected chi connectivity index (χ2v) is 5.74. The van der Waals surface area contributed by atoms with E-state index in [-0.39, 0.29) is 35.4 Å². The quantitative estimate of drug-likeness (QED) is 0.738. The van der Waals surface area contributed by atoms with E-state index in [1.807, 2.05) is 0 Å². The van der Waals surface area contributed by atoms with Crippen LogP contribution in [0.2, 0.25) is 0 Å². The van der Waals surface area contributed by atoms with Crippen LogP contribution in [0, 0.1) is 0 Å². The molecule has 0 aliphatic rings. The van der Waals surface area contributed by atoms with Gasteiger partial charge in [0.25, 0.3) is 5.91 Å². The van der Waals surface area contributed by atoms with Crippen LogP contribution in [-0.4, -0.2) is 31.6 Å². The lowest BCUT2D eigenvalue weighted by Crippen LogP contribution is -2.35. The highest BCUT2D eigenvalue weighted by Gasteiger charge is 2.15. The molecule has 0 saturated heterocycles. The van der Waals surface area contributed by atoms with Crippen LogP contribution >= 0.6 is 0 Å². The minimum Gasteiger partial charge on any atom is -0.493 e. The number of halogens is 2. The maximum absolute atomic E-state index is 12.5. The van der Waals surface area contributed by atoms with Crippen LogP contribution in [0.15, 0.2) is 48.5 Å². The maximum atomic E-state index is 12.5. The normalized spacial score (nSPS) is 11.6. The van der Waals surface area contributed by atoms with E-state index in [0.29, 0.717) is 5.56 Å². The molecule has 0 radical (unpaired) electrons. The Balaban J connectivity index is 1.93. The molecule has 0 aliphatic heterocycles. The minimum atomic E-state index is -3.02. The topological polar surface area (TPSA) is 76.7 Å². The minimum absolute atomic E-state index is 0.00956. The van der Waals surface area contributed by atoms with E-state index >= 15 is 0 Å². The number of hydrogen-bond acceptors (Lipinski definition) is 4. The van der Waals surface area contributed by atoms with Gasteiger partial charge < -0.3 is 20.1 Å². The second kappa shape index (κ2) is 9.51. The zero-order valence-corrected chi connectivity index (χ0v) is 14.9. The molecule has 0 fully saturated rings. The third kappa shape index (κ3) is 6.25. The Morgan fingerprint density at radius 1 is 1.07 bits per heavy atom. The molecule has 6 nitrogen and oxygen atoms in total. The Kier molecular flexibility index (Phi) is 7.10. The number of anilines is 1. The number of rotatable bonds is 8. The summed E-state index contributed by atoms with van der Waals surface area (Å²) in [5, 5.41) is 5.31.